The van der Waals surface area contributed by atoms with E-state index in [1.54, 1.807) is 36.0 Å². The number of nitrogens with one attached hydrogen (secondary N) is 2. The maximum absolute atomic E-state index is 11.8. The van der Waals surface area contributed by atoms with E-state index in [1.807, 2.05) is 13.0 Å². The van der Waals surface area contributed by atoms with Crippen LogP contribution in [0.15, 0.2) is 30.3 Å². The Morgan fingerprint density at radius 1 is 1.29 bits per heavy atom. The zero-order valence-electron chi connectivity index (χ0n) is 12.3. The standard InChI is InChI=1S/C15H22N2O3S/c1-3-21-10-11(2)17-15(20)16-9-13(14(18)19)12-7-5-4-6-8-12/h4-8,11,13H,3,9-10H2,1-2H3,(H,18,19)(H2,16,17,20). The lowest BCUT2D eigenvalue weighted by atomic mass is 9.99. The fourth-order valence-corrected chi connectivity index (χ4v) is 2.51. The first-order valence-electron chi connectivity index (χ1n) is 6.94. The number of urea groups is 1. The van der Waals surface area contributed by atoms with E-state index >= 15 is 0 Å². The summed E-state index contributed by atoms with van der Waals surface area (Å²) in [7, 11) is 0. The SMILES string of the molecule is CCSCC(C)NC(=O)NCC(C(=O)O)c1ccccc1. The van der Waals surface area contributed by atoms with Gasteiger partial charge in [0.15, 0.2) is 0 Å². The molecule has 0 aromatic heterocycles. The normalized spacial score (nSPS) is 13.2. The average Bonchev–Trinajstić information content (AvgIpc) is 2.46. The van der Waals surface area contributed by atoms with Gasteiger partial charge in [-0.1, -0.05) is 37.3 Å². The highest BCUT2D eigenvalue weighted by atomic mass is 32.2. The summed E-state index contributed by atoms with van der Waals surface area (Å²) in [4.78, 5) is 23.1. The van der Waals surface area contributed by atoms with Gasteiger partial charge in [0.25, 0.3) is 0 Å². The lowest BCUT2D eigenvalue weighted by Gasteiger charge is -2.17. The molecule has 1 rings (SSSR count). The topological polar surface area (TPSA) is 78.4 Å². The van der Waals surface area contributed by atoms with Gasteiger partial charge >= 0.3 is 12.0 Å². The Kier molecular flexibility index (Phi) is 7.68. The van der Waals surface area contributed by atoms with E-state index in [1.165, 1.54) is 0 Å². The van der Waals surface area contributed by atoms with Gasteiger partial charge in [0.1, 0.15) is 0 Å². The zero-order valence-corrected chi connectivity index (χ0v) is 13.2. The summed E-state index contributed by atoms with van der Waals surface area (Å²) >= 11 is 1.75. The third kappa shape index (κ3) is 6.53. The van der Waals surface area contributed by atoms with Crippen molar-refractivity contribution in [3.05, 3.63) is 35.9 Å². The van der Waals surface area contributed by atoms with Gasteiger partial charge in [-0.25, -0.2) is 4.79 Å². The molecular formula is C15H22N2O3S. The fourth-order valence-electron chi connectivity index (χ4n) is 1.84. The maximum atomic E-state index is 11.8. The van der Waals surface area contributed by atoms with E-state index in [4.69, 9.17) is 0 Å². The number of carbonyl (C=O) groups excluding carboxylic acids is 1. The van der Waals surface area contributed by atoms with Gasteiger partial charge < -0.3 is 15.7 Å². The Morgan fingerprint density at radius 3 is 2.52 bits per heavy atom. The van der Waals surface area contributed by atoms with Gasteiger partial charge in [0, 0.05) is 18.3 Å². The van der Waals surface area contributed by atoms with Crippen molar-refractivity contribution in [2.75, 3.05) is 18.1 Å². The molecule has 3 N–H and O–H groups in total. The molecule has 21 heavy (non-hydrogen) atoms. The van der Waals surface area contributed by atoms with Gasteiger partial charge in [0.2, 0.25) is 0 Å². The average molecular weight is 310 g/mol. The van der Waals surface area contributed by atoms with E-state index in [2.05, 4.69) is 17.6 Å². The number of hydrogen-bond acceptors (Lipinski definition) is 3. The Labute approximate surface area is 129 Å². The van der Waals surface area contributed by atoms with Gasteiger partial charge in [-0.3, -0.25) is 4.79 Å². The van der Waals surface area contributed by atoms with E-state index in [0.717, 1.165) is 11.5 Å². The summed E-state index contributed by atoms with van der Waals surface area (Å²) in [6.45, 7) is 4.06. The summed E-state index contributed by atoms with van der Waals surface area (Å²) in [6.07, 6.45) is 0. The summed E-state index contributed by atoms with van der Waals surface area (Å²) in [5, 5.41) is 14.7. The lowest BCUT2D eigenvalue weighted by molar-refractivity contribution is -0.138. The number of rotatable bonds is 8. The van der Waals surface area contributed by atoms with Crippen LogP contribution in [0.3, 0.4) is 0 Å². The second kappa shape index (κ2) is 9.28. The number of hydrogen-bond donors (Lipinski definition) is 3. The van der Waals surface area contributed by atoms with Crippen LogP contribution in [0.4, 0.5) is 4.79 Å². The van der Waals surface area contributed by atoms with Crippen LogP contribution in [0.2, 0.25) is 0 Å². The highest BCUT2D eigenvalue weighted by molar-refractivity contribution is 7.99. The van der Waals surface area contributed by atoms with E-state index in [-0.39, 0.29) is 18.6 Å². The van der Waals surface area contributed by atoms with Crippen molar-refractivity contribution < 1.29 is 14.7 Å². The van der Waals surface area contributed by atoms with Gasteiger partial charge in [-0.2, -0.15) is 11.8 Å². The molecule has 0 bridgehead atoms. The van der Waals surface area contributed by atoms with E-state index in [9.17, 15) is 14.7 Å². The largest absolute Gasteiger partial charge is 0.481 e. The third-order valence-electron chi connectivity index (χ3n) is 2.92. The smallest absolute Gasteiger partial charge is 0.315 e. The van der Waals surface area contributed by atoms with Crippen LogP contribution < -0.4 is 10.6 Å². The molecule has 116 valence electrons. The number of thioether (sulfide) groups is 1. The molecule has 1 aromatic rings. The van der Waals surface area contributed by atoms with Gasteiger partial charge in [-0.05, 0) is 18.2 Å². The van der Waals surface area contributed by atoms with Crippen LogP contribution in [-0.2, 0) is 4.79 Å². The molecule has 0 saturated heterocycles. The molecule has 0 fully saturated rings. The highest BCUT2D eigenvalue weighted by Crippen LogP contribution is 2.14. The van der Waals surface area contributed by atoms with Crippen molar-refractivity contribution in [3.63, 3.8) is 0 Å². The molecule has 0 aliphatic heterocycles. The molecule has 0 aliphatic rings. The van der Waals surface area contributed by atoms with Crippen LogP contribution in [0.1, 0.15) is 25.3 Å². The number of carbonyl (C=O) groups is 2. The Morgan fingerprint density at radius 2 is 1.95 bits per heavy atom. The van der Waals surface area contributed by atoms with Crippen molar-refractivity contribution in [1.29, 1.82) is 0 Å². The molecule has 0 saturated carbocycles. The number of carboxylic acid groups (broad SMARTS) is 1. The monoisotopic (exact) mass is 310 g/mol. The summed E-state index contributed by atoms with van der Waals surface area (Å²) in [5.41, 5.74) is 0.680. The number of aliphatic carboxylic acids is 1. The van der Waals surface area contributed by atoms with Crippen LogP contribution in [0.5, 0.6) is 0 Å². The molecule has 1 aromatic carbocycles. The Bertz CT molecular complexity index is 453. The number of benzene rings is 1. The first kappa shape index (κ1) is 17.4. The zero-order chi connectivity index (χ0) is 15.7. The van der Waals surface area contributed by atoms with Crippen molar-refractivity contribution in [1.82, 2.24) is 10.6 Å². The van der Waals surface area contributed by atoms with Crippen LogP contribution >= 0.6 is 11.8 Å². The minimum absolute atomic E-state index is 0.0509. The van der Waals surface area contributed by atoms with Crippen LogP contribution in [0, 0.1) is 0 Å². The second-order valence-electron chi connectivity index (χ2n) is 4.72. The molecular weight excluding hydrogens is 288 g/mol. The maximum Gasteiger partial charge on any atom is 0.315 e. The molecule has 2 atom stereocenters. The van der Waals surface area contributed by atoms with Crippen molar-refractivity contribution in [2.45, 2.75) is 25.8 Å². The van der Waals surface area contributed by atoms with Crippen molar-refractivity contribution in [2.24, 2.45) is 0 Å². The third-order valence-corrected chi connectivity index (χ3v) is 4.06. The number of carboxylic acids is 1. The van der Waals surface area contributed by atoms with Gasteiger partial charge in [-0.15, -0.1) is 0 Å². The quantitative estimate of drug-likeness (QED) is 0.688. The predicted molar refractivity (Wildman–Crippen MR) is 85.8 cm³/mol. The second-order valence-corrected chi connectivity index (χ2v) is 6.04. The van der Waals surface area contributed by atoms with Crippen molar-refractivity contribution in [3.8, 4) is 0 Å². The Balaban J connectivity index is 2.47. The molecule has 0 heterocycles. The molecule has 5 nitrogen and oxygen atoms in total. The molecule has 0 spiro atoms. The summed E-state index contributed by atoms with van der Waals surface area (Å²) < 4.78 is 0. The van der Waals surface area contributed by atoms with Crippen LogP contribution in [0.25, 0.3) is 0 Å². The first-order chi connectivity index (χ1) is 10.0. The minimum atomic E-state index is -0.948. The van der Waals surface area contributed by atoms with Crippen LogP contribution in [-0.4, -0.2) is 41.2 Å². The Hall–Kier alpha value is -1.69. The molecule has 0 radical (unpaired) electrons. The van der Waals surface area contributed by atoms with Crippen molar-refractivity contribution >= 4 is 23.8 Å². The fraction of sp³-hybridized carbons (Fsp3) is 0.467. The highest BCUT2D eigenvalue weighted by Gasteiger charge is 2.20. The molecule has 2 amide bonds. The summed E-state index contributed by atoms with van der Waals surface area (Å²) in [5.74, 6) is 0.154. The van der Waals surface area contributed by atoms with E-state index in [0.29, 0.717) is 5.56 Å². The first-order valence-corrected chi connectivity index (χ1v) is 8.10. The predicted octanol–water partition coefficient (Wildman–Crippen LogP) is 2.30. The molecule has 6 heteroatoms. The summed E-state index contributed by atoms with van der Waals surface area (Å²) in [6, 6.07) is 8.62. The molecule has 2 unspecified atom stereocenters. The van der Waals surface area contributed by atoms with Gasteiger partial charge in [0.05, 0.1) is 5.92 Å². The lowest BCUT2D eigenvalue weighted by Crippen LogP contribution is -2.43. The minimum Gasteiger partial charge on any atom is -0.481 e. The van der Waals surface area contributed by atoms with E-state index < -0.39 is 11.9 Å². The number of amides is 2. The molecule has 0 aliphatic carbocycles.